The number of carbonyl (C=O) groups is 1. The topological polar surface area (TPSA) is 67.3 Å². The van der Waals surface area contributed by atoms with Gasteiger partial charge in [-0.15, -0.1) is 5.10 Å². The molecule has 0 saturated heterocycles. The molecule has 7 heteroatoms. The molecule has 0 radical (unpaired) electrons. The lowest BCUT2D eigenvalue weighted by atomic mass is 10.8. The average Bonchev–Trinajstić information content (AvgIpc) is 2.57. The number of rotatable bonds is 3. The van der Waals surface area contributed by atoms with Crippen molar-refractivity contribution >= 4 is 22.6 Å². The maximum Gasteiger partial charge on any atom is 0.346 e. The maximum absolute atomic E-state index is 11.2. The van der Waals surface area contributed by atoms with Crippen LogP contribution in [0, 0.1) is 0 Å². The molecule has 0 spiro atoms. The Morgan fingerprint density at radius 3 is 3.15 bits per heavy atom. The second-order valence-corrected chi connectivity index (χ2v) is 2.91. The van der Waals surface area contributed by atoms with Gasteiger partial charge in [0.1, 0.15) is 5.00 Å². The number of anilines is 1. The first-order valence-corrected chi connectivity index (χ1v) is 4.46. The number of aromatic nitrogens is 2. The fourth-order valence-electron chi connectivity index (χ4n) is 0.659. The Morgan fingerprint density at radius 2 is 2.62 bits per heavy atom. The lowest BCUT2D eigenvalue weighted by molar-refractivity contribution is -0.0878. The minimum atomic E-state index is -0.340. The zero-order valence-electron chi connectivity index (χ0n) is 7.35. The summed E-state index contributed by atoms with van der Waals surface area (Å²) in [7, 11) is 1.54. The van der Waals surface area contributed by atoms with Crippen molar-refractivity contribution in [1.29, 1.82) is 0 Å². The summed E-state index contributed by atoms with van der Waals surface area (Å²) in [6.45, 7) is 2.25. The molecular formula is C6H10N4O2S. The van der Waals surface area contributed by atoms with Crippen molar-refractivity contribution < 1.29 is 9.63 Å². The van der Waals surface area contributed by atoms with E-state index >= 15 is 0 Å². The van der Waals surface area contributed by atoms with Crippen LogP contribution in [0.15, 0.2) is 6.20 Å². The molecule has 0 aromatic carbocycles. The zero-order valence-corrected chi connectivity index (χ0v) is 8.17. The fraction of sp³-hybridized carbons (Fsp3) is 0.500. The highest BCUT2D eigenvalue weighted by Crippen LogP contribution is 2.09. The summed E-state index contributed by atoms with van der Waals surface area (Å²) < 4.78 is 3.60. The van der Waals surface area contributed by atoms with Gasteiger partial charge in [-0.3, -0.25) is 10.2 Å². The smallest absolute Gasteiger partial charge is 0.295 e. The van der Waals surface area contributed by atoms with Crippen molar-refractivity contribution in [3.8, 4) is 0 Å². The molecule has 72 valence electrons. The van der Waals surface area contributed by atoms with Gasteiger partial charge in [0, 0.05) is 18.6 Å². The molecular weight excluding hydrogens is 192 g/mol. The third kappa shape index (κ3) is 2.96. The minimum absolute atomic E-state index is 0.340. The molecule has 0 saturated carbocycles. The van der Waals surface area contributed by atoms with Gasteiger partial charge in [0.2, 0.25) is 0 Å². The van der Waals surface area contributed by atoms with Crippen LogP contribution in [-0.2, 0) is 4.84 Å². The van der Waals surface area contributed by atoms with Crippen LogP contribution < -0.4 is 5.32 Å². The van der Waals surface area contributed by atoms with Crippen LogP contribution >= 0.6 is 11.5 Å². The summed E-state index contributed by atoms with van der Waals surface area (Å²) in [5, 5.41) is 7.86. The largest absolute Gasteiger partial charge is 0.346 e. The number of hydrogen-bond acceptors (Lipinski definition) is 5. The van der Waals surface area contributed by atoms with Gasteiger partial charge in [0.15, 0.2) is 0 Å². The lowest BCUT2D eigenvalue weighted by Gasteiger charge is -2.14. The van der Waals surface area contributed by atoms with E-state index in [4.69, 9.17) is 4.84 Å². The van der Waals surface area contributed by atoms with E-state index < -0.39 is 0 Å². The van der Waals surface area contributed by atoms with Crippen LogP contribution in [0.3, 0.4) is 0 Å². The maximum atomic E-state index is 11.2. The number of carbonyl (C=O) groups excluding carboxylic acids is 1. The second kappa shape index (κ2) is 4.73. The average molecular weight is 202 g/mol. The summed E-state index contributed by atoms with van der Waals surface area (Å²) >= 11 is 1.11. The third-order valence-electron chi connectivity index (χ3n) is 1.20. The van der Waals surface area contributed by atoms with Crippen LogP contribution in [0.1, 0.15) is 6.92 Å². The van der Waals surface area contributed by atoms with Crippen molar-refractivity contribution in [3.05, 3.63) is 6.20 Å². The number of hydroxylamine groups is 2. The predicted octanol–water partition coefficient (Wildman–Crippen LogP) is 0.953. The molecule has 1 rings (SSSR count). The molecule has 0 atom stereocenters. The highest BCUT2D eigenvalue weighted by molar-refractivity contribution is 7.10. The quantitative estimate of drug-likeness (QED) is 0.741. The van der Waals surface area contributed by atoms with Gasteiger partial charge in [0.25, 0.3) is 0 Å². The van der Waals surface area contributed by atoms with E-state index in [1.807, 2.05) is 0 Å². The fourth-order valence-corrected chi connectivity index (χ4v) is 1.07. The highest BCUT2D eigenvalue weighted by atomic mass is 32.1. The Morgan fingerprint density at radius 1 is 1.85 bits per heavy atom. The van der Waals surface area contributed by atoms with Gasteiger partial charge < -0.3 is 0 Å². The van der Waals surface area contributed by atoms with Crippen LogP contribution in [0.25, 0.3) is 0 Å². The van der Waals surface area contributed by atoms with E-state index in [0.717, 1.165) is 16.6 Å². The normalized spacial score (nSPS) is 9.69. The summed E-state index contributed by atoms with van der Waals surface area (Å²) in [5.41, 5.74) is 0. The van der Waals surface area contributed by atoms with Crippen LogP contribution in [0.5, 0.6) is 0 Å². The summed E-state index contributed by atoms with van der Waals surface area (Å²) in [6.07, 6.45) is 1.47. The molecule has 13 heavy (non-hydrogen) atoms. The molecule has 0 unspecified atom stereocenters. The molecule has 1 heterocycles. The first-order valence-electron chi connectivity index (χ1n) is 3.69. The van der Waals surface area contributed by atoms with Crippen molar-refractivity contribution in [2.45, 2.75) is 6.92 Å². The molecule has 0 bridgehead atoms. The Labute approximate surface area is 79.6 Å². The Balaban J connectivity index is 2.41. The summed E-state index contributed by atoms with van der Waals surface area (Å²) in [4.78, 5) is 16.2. The van der Waals surface area contributed by atoms with E-state index in [-0.39, 0.29) is 6.03 Å². The lowest BCUT2D eigenvalue weighted by Crippen LogP contribution is -2.31. The van der Waals surface area contributed by atoms with Crippen molar-refractivity contribution in [1.82, 2.24) is 14.7 Å². The molecule has 1 N–H and O–H groups in total. The first kappa shape index (κ1) is 9.87. The van der Waals surface area contributed by atoms with Gasteiger partial charge >= 0.3 is 6.03 Å². The van der Waals surface area contributed by atoms with Gasteiger partial charge in [-0.1, -0.05) is 4.49 Å². The number of amides is 2. The number of hydrogen-bond donors (Lipinski definition) is 1. The van der Waals surface area contributed by atoms with Crippen LogP contribution in [0.2, 0.25) is 0 Å². The molecule has 0 aliphatic heterocycles. The molecule has 1 aromatic heterocycles. The van der Waals surface area contributed by atoms with Crippen molar-refractivity contribution in [2.75, 3.05) is 19.0 Å². The van der Waals surface area contributed by atoms with E-state index in [1.54, 1.807) is 6.92 Å². The predicted molar refractivity (Wildman–Crippen MR) is 48.3 cm³/mol. The van der Waals surface area contributed by atoms with E-state index in [9.17, 15) is 4.79 Å². The minimum Gasteiger partial charge on any atom is -0.295 e. The van der Waals surface area contributed by atoms with E-state index in [2.05, 4.69) is 14.9 Å². The molecule has 2 amide bonds. The standard InChI is InChI=1S/C6H10N4O2S/c1-3-12-10(2)6(11)8-5-4-7-9-13-5/h4H,3H2,1-2H3,(H,8,11). The molecule has 6 nitrogen and oxygen atoms in total. The van der Waals surface area contributed by atoms with Gasteiger partial charge in [-0.25, -0.2) is 9.86 Å². The second-order valence-electron chi connectivity index (χ2n) is 2.13. The summed E-state index contributed by atoms with van der Waals surface area (Å²) in [5.74, 6) is 0. The monoisotopic (exact) mass is 202 g/mol. The number of nitrogens with one attached hydrogen (secondary N) is 1. The van der Waals surface area contributed by atoms with Crippen LogP contribution in [0.4, 0.5) is 9.80 Å². The molecule has 1 aromatic rings. The Bertz CT molecular complexity index is 264. The molecule has 0 aliphatic rings. The van der Waals surface area contributed by atoms with Crippen molar-refractivity contribution in [2.24, 2.45) is 0 Å². The van der Waals surface area contributed by atoms with Crippen molar-refractivity contribution in [3.63, 3.8) is 0 Å². The third-order valence-corrected chi connectivity index (χ3v) is 1.78. The number of urea groups is 1. The highest BCUT2D eigenvalue weighted by Gasteiger charge is 2.09. The Hall–Kier alpha value is -1.21. The van der Waals surface area contributed by atoms with Gasteiger partial charge in [-0.05, 0) is 6.92 Å². The molecule has 0 aliphatic carbocycles. The zero-order chi connectivity index (χ0) is 9.68. The Kier molecular flexibility index (Phi) is 3.59. The summed E-state index contributed by atoms with van der Waals surface area (Å²) in [6, 6.07) is -0.340. The van der Waals surface area contributed by atoms with E-state index in [1.165, 1.54) is 13.2 Å². The van der Waals surface area contributed by atoms with Gasteiger partial charge in [-0.2, -0.15) is 0 Å². The van der Waals surface area contributed by atoms with E-state index in [0.29, 0.717) is 11.6 Å². The number of nitrogens with zero attached hydrogens (tertiary/aromatic N) is 3. The molecule has 0 fully saturated rings. The van der Waals surface area contributed by atoms with Crippen LogP contribution in [-0.4, -0.2) is 34.3 Å². The first-order chi connectivity index (χ1) is 6.24. The van der Waals surface area contributed by atoms with Gasteiger partial charge in [0.05, 0.1) is 12.8 Å². The SMILES string of the molecule is CCON(C)C(=O)Nc1cnns1.